The number of carbonyl (C=O) groups excluding carboxylic acids is 1. The Kier molecular flexibility index (Phi) is 6.37. The van der Waals surface area contributed by atoms with E-state index in [2.05, 4.69) is 18.7 Å². The number of carbonyl (C=O) groups is 1. The van der Waals surface area contributed by atoms with Crippen molar-refractivity contribution in [3.05, 3.63) is 79.6 Å². The summed E-state index contributed by atoms with van der Waals surface area (Å²) in [7, 11) is 0. The minimum Gasteiger partial charge on any atom is -0.450 e. The van der Waals surface area contributed by atoms with Crippen molar-refractivity contribution in [3.8, 4) is 0 Å². The Hall–Kier alpha value is -2.34. The van der Waals surface area contributed by atoms with Gasteiger partial charge in [-0.25, -0.2) is 0 Å². The molecule has 2 aromatic carbocycles. The van der Waals surface area contributed by atoms with Crippen molar-refractivity contribution >= 4 is 40.1 Å². The molecule has 0 fully saturated rings. The molecule has 0 N–H and O–H groups in total. The first-order valence-electron chi connectivity index (χ1n) is 10.5. The van der Waals surface area contributed by atoms with E-state index in [1.54, 1.807) is 35.2 Å². The van der Waals surface area contributed by atoms with Crippen LogP contribution < -0.4 is 5.43 Å². The third-order valence-corrected chi connectivity index (χ3v) is 6.33. The van der Waals surface area contributed by atoms with Gasteiger partial charge in [-0.15, -0.1) is 0 Å². The maximum absolute atomic E-state index is 13.5. The summed E-state index contributed by atoms with van der Waals surface area (Å²) in [6.07, 6.45) is 0.790. The van der Waals surface area contributed by atoms with Gasteiger partial charge in [0.1, 0.15) is 5.58 Å². The van der Waals surface area contributed by atoms with Crippen molar-refractivity contribution in [2.75, 3.05) is 26.2 Å². The van der Waals surface area contributed by atoms with Gasteiger partial charge in [-0.2, -0.15) is 0 Å². The van der Waals surface area contributed by atoms with Crippen LogP contribution in [0.15, 0.2) is 51.7 Å². The Morgan fingerprint density at radius 2 is 1.77 bits per heavy atom. The van der Waals surface area contributed by atoms with E-state index in [-0.39, 0.29) is 17.1 Å². The molecule has 0 aliphatic carbocycles. The molecule has 162 valence electrons. The summed E-state index contributed by atoms with van der Waals surface area (Å²) >= 11 is 12.4. The highest BCUT2D eigenvalue weighted by Crippen LogP contribution is 2.39. The smallest absolute Gasteiger partial charge is 0.290 e. The van der Waals surface area contributed by atoms with Crippen molar-refractivity contribution in [3.63, 3.8) is 0 Å². The fourth-order valence-electron chi connectivity index (χ4n) is 4.25. The highest BCUT2D eigenvalue weighted by atomic mass is 35.5. The van der Waals surface area contributed by atoms with Gasteiger partial charge in [0.2, 0.25) is 5.76 Å². The first kappa shape index (κ1) is 21.9. The third-order valence-electron chi connectivity index (χ3n) is 5.86. The average molecular weight is 459 g/mol. The molecular formula is C24H24Cl2N2O3. The Bertz CT molecular complexity index is 1190. The van der Waals surface area contributed by atoms with Crippen molar-refractivity contribution < 1.29 is 9.21 Å². The van der Waals surface area contributed by atoms with Gasteiger partial charge in [0.25, 0.3) is 5.91 Å². The van der Waals surface area contributed by atoms with Crippen LogP contribution in [0.3, 0.4) is 0 Å². The molecule has 1 amide bonds. The second-order valence-corrected chi connectivity index (χ2v) is 8.52. The van der Waals surface area contributed by atoms with E-state index in [9.17, 15) is 9.59 Å². The van der Waals surface area contributed by atoms with Gasteiger partial charge in [0.05, 0.1) is 17.0 Å². The third kappa shape index (κ3) is 4.10. The fourth-order valence-corrected chi connectivity index (χ4v) is 4.62. The lowest BCUT2D eigenvalue weighted by Gasteiger charge is -2.26. The molecule has 2 heterocycles. The normalized spacial score (nSPS) is 15.8. The molecular weight excluding hydrogens is 435 g/mol. The van der Waals surface area contributed by atoms with Crippen molar-refractivity contribution in [2.24, 2.45) is 0 Å². The number of benzene rings is 2. The van der Waals surface area contributed by atoms with E-state index in [4.69, 9.17) is 27.6 Å². The Labute approximate surface area is 191 Å². The number of nitrogens with zero attached hydrogens (tertiary/aromatic N) is 2. The summed E-state index contributed by atoms with van der Waals surface area (Å²) in [6.45, 7) is 7.52. The van der Waals surface area contributed by atoms with Crippen LogP contribution in [0.4, 0.5) is 0 Å². The minimum atomic E-state index is -0.544. The van der Waals surface area contributed by atoms with Crippen LogP contribution in [-0.2, 0) is 0 Å². The second kappa shape index (κ2) is 9.03. The number of hydrogen-bond acceptors (Lipinski definition) is 4. The molecule has 1 atom stereocenters. The summed E-state index contributed by atoms with van der Waals surface area (Å²) in [5, 5.41) is 1.37. The number of rotatable bonds is 7. The summed E-state index contributed by atoms with van der Waals surface area (Å²) in [5.41, 5.74) is 1.26. The molecule has 0 saturated carbocycles. The predicted octanol–water partition coefficient (Wildman–Crippen LogP) is 5.38. The first-order chi connectivity index (χ1) is 14.9. The molecule has 0 saturated heterocycles. The van der Waals surface area contributed by atoms with Crippen molar-refractivity contribution in [2.45, 2.75) is 26.3 Å². The maximum Gasteiger partial charge on any atom is 0.290 e. The van der Waals surface area contributed by atoms with Crippen LogP contribution in [0.1, 0.15) is 48.0 Å². The quantitative estimate of drug-likeness (QED) is 0.476. The van der Waals surface area contributed by atoms with Gasteiger partial charge in [-0.3, -0.25) is 9.59 Å². The Balaban J connectivity index is 1.81. The monoisotopic (exact) mass is 458 g/mol. The Morgan fingerprint density at radius 1 is 1.03 bits per heavy atom. The molecule has 0 unspecified atom stereocenters. The van der Waals surface area contributed by atoms with E-state index in [1.165, 1.54) is 0 Å². The zero-order valence-electron chi connectivity index (χ0n) is 17.5. The van der Waals surface area contributed by atoms with E-state index >= 15 is 0 Å². The van der Waals surface area contributed by atoms with Gasteiger partial charge in [-0.1, -0.05) is 49.2 Å². The molecule has 4 rings (SSSR count). The van der Waals surface area contributed by atoms with Gasteiger partial charge >= 0.3 is 0 Å². The molecule has 7 heteroatoms. The highest BCUT2D eigenvalue weighted by molar-refractivity contribution is 6.31. The van der Waals surface area contributed by atoms with Crippen LogP contribution in [0.5, 0.6) is 0 Å². The summed E-state index contributed by atoms with van der Waals surface area (Å²) in [4.78, 5) is 30.9. The predicted molar refractivity (Wildman–Crippen MR) is 124 cm³/mol. The standard InChI is InChI=1S/C24H24Cl2N2O3/c1-3-27(4-2)11-6-12-28-21(15-7-5-8-16(25)13-15)20-22(29)18-14-17(26)9-10-19(18)31-23(20)24(28)30/h5,7-10,13-14,21H,3-4,6,11-12H2,1-2H3/t21-/m0/s1. The van der Waals surface area contributed by atoms with E-state index in [1.807, 2.05) is 12.1 Å². The average Bonchev–Trinajstić information content (AvgIpc) is 3.04. The largest absolute Gasteiger partial charge is 0.450 e. The number of halogens is 2. The van der Waals surface area contributed by atoms with Gasteiger partial charge < -0.3 is 14.2 Å². The SMILES string of the molecule is CCN(CC)CCCN1C(=O)c2oc3ccc(Cl)cc3c(=O)c2[C@@H]1c1cccc(Cl)c1. The van der Waals surface area contributed by atoms with Gasteiger partial charge in [-0.05, 0) is 62.0 Å². The van der Waals surface area contributed by atoms with E-state index in [0.717, 1.165) is 31.6 Å². The van der Waals surface area contributed by atoms with Crippen LogP contribution in [-0.4, -0.2) is 41.9 Å². The van der Waals surface area contributed by atoms with Gasteiger partial charge in [0, 0.05) is 16.6 Å². The summed E-state index contributed by atoms with van der Waals surface area (Å²) < 4.78 is 5.94. The summed E-state index contributed by atoms with van der Waals surface area (Å²) in [5.74, 6) is -0.166. The highest BCUT2D eigenvalue weighted by Gasteiger charge is 2.42. The molecule has 1 aliphatic heterocycles. The van der Waals surface area contributed by atoms with Crippen LogP contribution in [0.2, 0.25) is 10.0 Å². The summed E-state index contributed by atoms with van der Waals surface area (Å²) in [6, 6.07) is 11.6. The molecule has 0 bridgehead atoms. The molecule has 3 aromatic rings. The van der Waals surface area contributed by atoms with E-state index in [0.29, 0.717) is 33.1 Å². The molecule has 1 aromatic heterocycles. The lowest BCUT2D eigenvalue weighted by molar-refractivity contribution is 0.0720. The van der Waals surface area contributed by atoms with Crippen LogP contribution in [0.25, 0.3) is 11.0 Å². The number of amides is 1. The molecule has 0 spiro atoms. The lowest BCUT2D eigenvalue weighted by Crippen LogP contribution is -2.33. The van der Waals surface area contributed by atoms with E-state index < -0.39 is 6.04 Å². The van der Waals surface area contributed by atoms with Crippen molar-refractivity contribution in [1.29, 1.82) is 0 Å². The molecule has 0 radical (unpaired) electrons. The van der Waals surface area contributed by atoms with Crippen molar-refractivity contribution in [1.82, 2.24) is 9.80 Å². The number of fused-ring (bicyclic) bond motifs is 2. The maximum atomic E-state index is 13.5. The fraction of sp³-hybridized carbons (Fsp3) is 0.333. The first-order valence-corrected chi connectivity index (χ1v) is 11.2. The van der Waals surface area contributed by atoms with Crippen LogP contribution in [0, 0.1) is 0 Å². The lowest BCUT2D eigenvalue weighted by atomic mass is 9.98. The zero-order valence-corrected chi connectivity index (χ0v) is 19.0. The zero-order chi connectivity index (χ0) is 22.1. The molecule has 5 nitrogen and oxygen atoms in total. The minimum absolute atomic E-state index is 0.104. The topological polar surface area (TPSA) is 53.8 Å². The van der Waals surface area contributed by atoms with Gasteiger partial charge in [0.15, 0.2) is 5.43 Å². The van der Waals surface area contributed by atoms with Crippen LogP contribution >= 0.6 is 23.2 Å². The number of hydrogen-bond donors (Lipinski definition) is 0. The molecule has 31 heavy (non-hydrogen) atoms. The molecule has 1 aliphatic rings. The second-order valence-electron chi connectivity index (χ2n) is 7.65. The Morgan fingerprint density at radius 3 is 2.48 bits per heavy atom.